The van der Waals surface area contributed by atoms with Crippen LogP contribution in [0.3, 0.4) is 0 Å². The molecule has 0 spiro atoms. The normalized spacial score (nSPS) is 12.2. The van der Waals surface area contributed by atoms with Crippen LogP contribution in [0.25, 0.3) is 0 Å². The van der Waals surface area contributed by atoms with Gasteiger partial charge in [-0.15, -0.1) is 0 Å². The zero-order valence-electron chi connectivity index (χ0n) is 17.1. The summed E-state index contributed by atoms with van der Waals surface area (Å²) >= 11 is 0. The molecular weight excluding hydrogens is 348 g/mol. The van der Waals surface area contributed by atoms with Gasteiger partial charge >= 0.3 is 0 Å². The predicted molar refractivity (Wildman–Crippen MR) is 107 cm³/mol. The lowest BCUT2D eigenvalue weighted by Crippen LogP contribution is -2.41. The van der Waals surface area contributed by atoms with Gasteiger partial charge in [0, 0.05) is 5.56 Å². The summed E-state index contributed by atoms with van der Waals surface area (Å²) in [5, 5.41) is 0.225. The van der Waals surface area contributed by atoms with E-state index in [9.17, 15) is 4.79 Å². The molecule has 0 radical (unpaired) electrons. The molecule has 0 fully saturated rings. The van der Waals surface area contributed by atoms with E-state index in [-0.39, 0.29) is 10.8 Å². The van der Waals surface area contributed by atoms with Crippen LogP contribution in [-0.4, -0.2) is 53.7 Å². The van der Waals surface area contributed by atoms with Gasteiger partial charge in [0.1, 0.15) is 12.4 Å². The Hall–Kier alpha value is -1.21. The minimum atomic E-state index is -1.68. The van der Waals surface area contributed by atoms with Crippen molar-refractivity contribution in [1.82, 2.24) is 0 Å². The Morgan fingerprint density at radius 3 is 1.88 bits per heavy atom. The average Bonchev–Trinajstić information content (AvgIpc) is 2.55. The van der Waals surface area contributed by atoms with Crippen LogP contribution in [-0.2, 0) is 13.9 Å². The van der Waals surface area contributed by atoms with E-state index in [1.54, 1.807) is 31.2 Å². The quantitative estimate of drug-likeness (QED) is 0.306. The molecule has 0 bridgehead atoms. The van der Waals surface area contributed by atoms with Crippen LogP contribution in [0.4, 0.5) is 0 Å². The largest absolute Gasteiger partial charge is 0.491 e. The first-order chi connectivity index (χ1) is 12.1. The molecule has 0 aromatic heterocycles. The number of rotatable bonds is 12. The molecule has 6 heteroatoms. The van der Waals surface area contributed by atoms with Crippen molar-refractivity contribution in [3.63, 3.8) is 0 Å². The number of ether oxygens (including phenoxy) is 3. The molecule has 0 aliphatic rings. The molecule has 1 aromatic rings. The molecule has 5 nitrogen and oxygen atoms in total. The molecule has 1 rings (SSSR count). The molecule has 1 aromatic carbocycles. The number of ketones is 1. The standard InChI is InChI=1S/C20H34O5Si/c1-17(21)18-7-9-19(10-8-18)24-15-13-22-11-12-23-14-16-25-26(5,6)20(2,3)4/h7-10H,11-16H2,1-6H3. The number of hydrogen-bond acceptors (Lipinski definition) is 5. The van der Waals surface area contributed by atoms with Crippen molar-refractivity contribution in [2.24, 2.45) is 0 Å². The molecule has 0 aliphatic carbocycles. The molecule has 0 unspecified atom stereocenters. The Labute approximate surface area is 159 Å². The highest BCUT2D eigenvalue weighted by Crippen LogP contribution is 2.36. The molecule has 26 heavy (non-hydrogen) atoms. The van der Waals surface area contributed by atoms with Crippen molar-refractivity contribution < 1.29 is 23.4 Å². The monoisotopic (exact) mass is 382 g/mol. The maximum Gasteiger partial charge on any atom is 0.192 e. The van der Waals surface area contributed by atoms with Crippen LogP contribution < -0.4 is 4.74 Å². The Morgan fingerprint density at radius 1 is 0.885 bits per heavy atom. The third kappa shape index (κ3) is 8.45. The van der Waals surface area contributed by atoms with Crippen LogP contribution in [0.15, 0.2) is 24.3 Å². The van der Waals surface area contributed by atoms with Crippen molar-refractivity contribution in [3.05, 3.63) is 29.8 Å². The van der Waals surface area contributed by atoms with Crippen molar-refractivity contribution in [2.75, 3.05) is 39.6 Å². The number of carbonyl (C=O) groups excluding carboxylic acids is 1. The molecule has 0 amide bonds. The molecule has 0 atom stereocenters. The second kappa shape index (κ2) is 10.8. The Kier molecular flexibility index (Phi) is 9.50. The summed E-state index contributed by atoms with van der Waals surface area (Å²) in [6, 6.07) is 7.11. The summed E-state index contributed by atoms with van der Waals surface area (Å²) in [6.07, 6.45) is 0. The summed E-state index contributed by atoms with van der Waals surface area (Å²) in [4.78, 5) is 11.2. The fourth-order valence-electron chi connectivity index (χ4n) is 1.90. The maximum atomic E-state index is 11.2. The first-order valence-corrected chi connectivity index (χ1v) is 12.1. The van der Waals surface area contributed by atoms with E-state index < -0.39 is 8.32 Å². The minimum Gasteiger partial charge on any atom is -0.491 e. The fourth-order valence-corrected chi connectivity index (χ4v) is 2.93. The smallest absolute Gasteiger partial charge is 0.192 e. The first kappa shape index (κ1) is 22.8. The minimum absolute atomic E-state index is 0.0506. The van der Waals surface area contributed by atoms with Gasteiger partial charge in [-0.1, -0.05) is 20.8 Å². The van der Waals surface area contributed by atoms with E-state index in [4.69, 9.17) is 18.6 Å². The predicted octanol–water partition coefficient (Wildman–Crippen LogP) is 4.32. The number of benzene rings is 1. The number of Topliss-reactive ketones (excluding diaryl/α,β-unsaturated/α-hetero) is 1. The third-order valence-electron chi connectivity index (χ3n) is 4.63. The third-order valence-corrected chi connectivity index (χ3v) is 9.16. The lowest BCUT2D eigenvalue weighted by atomic mass is 10.1. The number of carbonyl (C=O) groups is 1. The van der Waals surface area contributed by atoms with Crippen molar-refractivity contribution in [2.45, 2.75) is 45.8 Å². The molecule has 0 aliphatic heterocycles. The maximum absolute atomic E-state index is 11.2. The van der Waals surface area contributed by atoms with Gasteiger partial charge in [-0.05, 0) is 49.3 Å². The SMILES string of the molecule is CC(=O)c1ccc(OCCOCCOCCO[Si](C)(C)C(C)(C)C)cc1. The van der Waals surface area contributed by atoms with Gasteiger partial charge in [0.15, 0.2) is 14.1 Å². The Morgan fingerprint density at radius 2 is 1.38 bits per heavy atom. The zero-order chi connectivity index (χ0) is 19.6. The van der Waals surface area contributed by atoms with E-state index in [1.807, 2.05) is 0 Å². The highest BCUT2D eigenvalue weighted by Gasteiger charge is 2.36. The van der Waals surface area contributed by atoms with Gasteiger partial charge in [0.05, 0.1) is 33.0 Å². The van der Waals surface area contributed by atoms with Crippen LogP contribution in [0.2, 0.25) is 18.1 Å². The molecule has 0 N–H and O–H groups in total. The summed E-state index contributed by atoms with van der Waals surface area (Å²) in [6.45, 7) is 16.0. The lowest BCUT2D eigenvalue weighted by Gasteiger charge is -2.36. The van der Waals surface area contributed by atoms with E-state index in [0.29, 0.717) is 45.2 Å². The van der Waals surface area contributed by atoms with E-state index in [1.165, 1.54) is 0 Å². The Balaban J connectivity index is 2.00. The van der Waals surface area contributed by atoms with Gasteiger partial charge in [-0.25, -0.2) is 0 Å². The van der Waals surface area contributed by atoms with Crippen LogP contribution in [0.5, 0.6) is 5.75 Å². The van der Waals surface area contributed by atoms with Crippen LogP contribution in [0, 0.1) is 0 Å². The molecule has 0 saturated heterocycles. The van der Waals surface area contributed by atoms with Gasteiger partial charge in [0.25, 0.3) is 0 Å². The van der Waals surface area contributed by atoms with Crippen molar-refractivity contribution in [1.29, 1.82) is 0 Å². The fraction of sp³-hybridized carbons (Fsp3) is 0.650. The van der Waals surface area contributed by atoms with Crippen molar-refractivity contribution in [3.8, 4) is 5.75 Å². The molecule has 148 valence electrons. The van der Waals surface area contributed by atoms with E-state index in [2.05, 4.69) is 33.9 Å². The van der Waals surface area contributed by atoms with E-state index in [0.717, 1.165) is 5.75 Å². The van der Waals surface area contributed by atoms with Gasteiger partial charge in [-0.3, -0.25) is 4.79 Å². The second-order valence-electron chi connectivity index (χ2n) is 7.76. The first-order valence-electron chi connectivity index (χ1n) is 9.17. The molecule has 0 heterocycles. The second-order valence-corrected chi connectivity index (χ2v) is 12.6. The summed E-state index contributed by atoms with van der Waals surface area (Å²) in [5.74, 6) is 0.784. The molecular formula is C20H34O5Si. The summed E-state index contributed by atoms with van der Waals surface area (Å²) in [5.41, 5.74) is 0.684. The summed E-state index contributed by atoms with van der Waals surface area (Å²) < 4.78 is 22.6. The zero-order valence-corrected chi connectivity index (χ0v) is 18.1. The highest BCUT2D eigenvalue weighted by molar-refractivity contribution is 6.74. The van der Waals surface area contributed by atoms with Crippen LogP contribution >= 0.6 is 0 Å². The van der Waals surface area contributed by atoms with Crippen LogP contribution in [0.1, 0.15) is 38.1 Å². The average molecular weight is 383 g/mol. The number of hydrogen-bond donors (Lipinski definition) is 0. The van der Waals surface area contributed by atoms with Gasteiger partial charge in [0.2, 0.25) is 0 Å². The Bertz CT molecular complexity index is 534. The van der Waals surface area contributed by atoms with Crippen molar-refractivity contribution >= 4 is 14.1 Å². The topological polar surface area (TPSA) is 54.0 Å². The van der Waals surface area contributed by atoms with E-state index >= 15 is 0 Å². The molecule has 0 saturated carbocycles. The summed E-state index contributed by atoms with van der Waals surface area (Å²) in [7, 11) is -1.68. The van der Waals surface area contributed by atoms with Gasteiger partial charge in [-0.2, -0.15) is 0 Å². The lowest BCUT2D eigenvalue weighted by molar-refractivity contribution is 0.0260. The van der Waals surface area contributed by atoms with Gasteiger partial charge < -0.3 is 18.6 Å². The highest BCUT2D eigenvalue weighted by atomic mass is 28.4.